The summed E-state index contributed by atoms with van der Waals surface area (Å²) >= 11 is 6.64. The first-order chi connectivity index (χ1) is 14.6. The summed E-state index contributed by atoms with van der Waals surface area (Å²) < 4.78 is 11.2. The van der Waals surface area contributed by atoms with Crippen molar-refractivity contribution >= 4 is 17.6 Å². The van der Waals surface area contributed by atoms with Crippen molar-refractivity contribution in [2.75, 3.05) is 7.11 Å². The van der Waals surface area contributed by atoms with Crippen LogP contribution in [0.4, 0.5) is 0 Å². The van der Waals surface area contributed by atoms with E-state index in [0.29, 0.717) is 12.3 Å². The quantitative estimate of drug-likeness (QED) is 0.178. The molecule has 2 atom stereocenters. The van der Waals surface area contributed by atoms with Crippen LogP contribution in [-0.4, -0.2) is 19.4 Å². The fourth-order valence-corrected chi connectivity index (χ4v) is 4.84. The maximum absolute atomic E-state index is 12.3. The van der Waals surface area contributed by atoms with E-state index in [0.717, 1.165) is 23.4 Å². The number of ether oxygens (including phenoxy) is 2. The van der Waals surface area contributed by atoms with Gasteiger partial charge >= 0.3 is 5.97 Å². The van der Waals surface area contributed by atoms with Crippen LogP contribution in [0.25, 0.3) is 0 Å². The molecular weight excluding hydrogens is 396 g/mol. The number of hydrogen-bond donors (Lipinski definition) is 0. The lowest BCUT2D eigenvalue weighted by atomic mass is 9.83. The van der Waals surface area contributed by atoms with E-state index >= 15 is 0 Å². The molecule has 0 heterocycles. The normalized spacial score (nSPS) is 16.9. The lowest BCUT2D eigenvalue weighted by molar-refractivity contribution is -0.177. The molecule has 0 aliphatic heterocycles. The molecule has 1 aromatic carbocycles. The Balaban J connectivity index is 1.82. The van der Waals surface area contributed by atoms with Gasteiger partial charge in [0, 0.05) is 24.5 Å². The lowest BCUT2D eigenvalue weighted by Crippen LogP contribution is -2.26. The first-order valence-electron chi connectivity index (χ1n) is 12.1. The van der Waals surface area contributed by atoms with Gasteiger partial charge in [-0.15, -0.1) is 0 Å². The van der Waals surface area contributed by atoms with E-state index < -0.39 is 6.29 Å². The van der Waals surface area contributed by atoms with Gasteiger partial charge in [-0.25, -0.2) is 0 Å². The molecule has 30 heavy (non-hydrogen) atoms. The highest BCUT2D eigenvalue weighted by atomic mass is 35.5. The molecule has 1 aromatic rings. The van der Waals surface area contributed by atoms with E-state index in [2.05, 4.69) is 19.1 Å². The Morgan fingerprint density at radius 2 is 1.73 bits per heavy atom. The van der Waals surface area contributed by atoms with Crippen molar-refractivity contribution in [3.8, 4) is 0 Å². The second-order valence-corrected chi connectivity index (χ2v) is 9.28. The van der Waals surface area contributed by atoms with Crippen molar-refractivity contribution in [2.24, 2.45) is 0 Å². The molecule has 0 aromatic heterocycles. The van der Waals surface area contributed by atoms with Crippen molar-refractivity contribution < 1.29 is 14.3 Å². The number of esters is 1. The third kappa shape index (κ3) is 8.23. The van der Waals surface area contributed by atoms with Crippen molar-refractivity contribution in [3.63, 3.8) is 0 Å². The summed E-state index contributed by atoms with van der Waals surface area (Å²) in [5.74, 6) is 0.340. The Hall–Kier alpha value is -1.06. The Labute approximate surface area is 188 Å². The molecule has 1 aliphatic carbocycles. The van der Waals surface area contributed by atoms with Gasteiger partial charge < -0.3 is 9.47 Å². The monoisotopic (exact) mass is 436 g/mol. The summed E-state index contributed by atoms with van der Waals surface area (Å²) in [6.07, 6.45) is 14.5. The van der Waals surface area contributed by atoms with E-state index in [-0.39, 0.29) is 11.9 Å². The lowest BCUT2D eigenvalue weighted by Gasteiger charge is -2.26. The Bertz CT molecular complexity index is 625. The second kappa shape index (κ2) is 14.1. The zero-order chi connectivity index (χ0) is 21.8. The van der Waals surface area contributed by atoms with Gasteiger partial charge in [0.15, 0.2) is 0 Å². The van der Waals surface area contributed by atoms with E-state index in [1.165, 1.54) is 69.8 Å². The summed E-state index contributed by atoms with van der Waals surface area (Å²) in [7, 11) is 1.60. The van der Waals surface area contributed by atoms with Crippen LogP contribution in [0, 0.1) is 0 Å². The van der Waals surface area contributed by atoms with E-state index in [1.807, 2.05) is 13.0 Å². The zero-order valence-corrected chi connectivity index (χ0v) is 20.0. The Morgan fingerprint density at radius 1 is 1.07 bits per heavy atom. The number of carbonyl (C=O) groups excluding carboxylic acids is 1. The molecule has 2 unspecified atom stereocenters. The molecule has 170 valence electrons. The fourth-order valence-electron chi connectivity index (χ4n) is 4.50. The SMILES string of the molecule is CCCCCCCCCC(=O)OC(OC)C(C)c1ccc(C2CCCCC2)c(Cl)c1. The van der Waals surface area contributed by atoms with Crippen LogP contribution in [0.5, 0.6) is 0 Å². The van der Waals surface area contributed by atoms with Crippen LogP contribution in [-0.2, 0) is 14.3 Å². The summed E-state index contributed by atoms with van der Waals surface area (Å²) in [4.78, 5) is 12.3. The zero-order valence-electron chi connectivity index (χ0n) is 19.3. The minimum absolute atomic E-state index is 0.0640. The molecule has 0 spiro atoms. The molecule has 0 saturated heterocycles. The van der Waals surface area contributed by atoms with Crippen LogP contribution in [0.2, 0.25) is 5.02 Å². The Kier molecular flexibility index (Phi) is 11.8. The van der Waals surface area contributed by atoms with Gasteiger partial charge in [-0.2, -0.15) is 0 Å². The van der Waals surface area contributed by atoms with Crippen LogP contribution >= 0.6 is 11.6 Å². The molecule has 0 N–H and O–H groups in total. The van der Waals surface area contributed by atoms with Gasteiger partial charge in [-0.1, -0.05) is 95.4 Å². The minimum atomic E-state index is -0.585. The maximum Gasteiger partial charge on any atom is 0.308 e. The number of halogens is 1. The number of rotatable bonds is 13. The molecular formula is C26H41ClO3. The van der Waals surface area contributed by atoms with E-state index in [1.54, 1.807) is 7.11 Å². The van der Waals surface area contributed by atoms with Crippen LogP contribution in [0.1, 0.15) is 120 Å². The largest absolute Gasteiger partial charge is 0.435 e. The molecule has 0 bridgehead atoms. The van der Waals surface area contributed by atoms with Crippen molar-refractivity contribution in [2.45, 2.75) is 115 Å². The minimum Gasteiger partial charge on any atom is -0.435 e. The predicted octanol–water partition coefficient (Wildman–Crippen LogP) is 8.15. The standard InChI is InChI=1S/C26H41ClO3/c1-4-5-6-7-8-9-13-16-25(28)30-26(29-3)20(2)22-17-18-23(24(27)19-22)21-14-11-10-12-15-21/h17-21,26H,4-16H2,1-3H3. The molecule has 0 radical (unpaired) electrons. The third-order valence-electron chi connectivity index (χ3n) is 6.47. The highest BCUT2D eigenvalue weighted by Crippen LogP contribution is 2.37. The maximum atomic E-state index is 12.3. The summed E-state index contributed by atoms with van der Waals surface area (Å²) in [6, 6.07) is 6.32. The Morgan fingerprint density at radius 3 is 2.37 bits per heavy atom. The number of methoxy groups -OCH3 is 1. The number of carbonyl (C=O) groups is 1. The number of benzene rings is 1. The fraction of sp³-hybridized carbons (Fsp3) is 0.731. The second-order valence-electron chi connectivity index (χ2n) is 8.87. The first-order valence-corrected chi connectivity index (χ1v) is 12.5. The van der Waals surface area contributed by atoms with Gasteiger partial charge in [0.1, 0.15) is 0 Å². The molecule has 4 heteroatoms. The number of hydrogen-bond acceptors (Lipinski definition) is 3. The van der Waals surface area contributed by atoms with Crippen LogP contribution in [0.15, 0.2) is 18.2 Å². The highest BCUT2D eigenvalue weighted by molar-refractivity contribution is 6.31. The molecule has 1 aliphatic rings. The van der Waals surface area contributed by atoms with Crippen LogP contribution in [0.3, 0.4) is 0 Å². The smallest absolute Gasteiger partial charge is 0.308 e. The van der Waals surface area contributed by atoms with Crippen LogP contribution < -0.4 is 0 Å². The molecule has 0 amide bonds. The van der Waals surface area contributed by atoms with Crippen molar-refractivity contribution in [1.82, 2.24) is 0 Å². The van der Waals surface area contributed by atoms with E-state index in [4.69, 9.17) is 21.1 Å². The summed E-state index contributed by atoms with van der Waals surface area (Å²) in [5, 5.41) is 0.829. The van der Waals surface area contributed by atoms with Crippen molar-refractivity contribution in [1.29, 1.82) is 0 Å². The molecule has 2 rings (SSSR count). The average Bonchev–Trinajstić information content (AvgIpc) is 2.77. The third-order valence-corrected chi connectivity index (χ3v) is 6.80. The number of unbranched alkanes of at least 4 members (excludes halogenated alkanes) is 6. The predicted molar refractivity (Wildman–Crippen MR) is 125 cm³/mol. The van der Waals surface area contributed by atoms with Gasteiger partial charge in [0.25, 0.3) is 0 Å². The topological polar surface area (TPSA) is 35.5 Å². The summed E-state index contributed by atoms with van der Waals surface area (Å²) in [5.41, 5.74) is 2.31. The first kappa shape index (κ1) is 25.2. The van der Waals surface area contributed by atoms with Gasteiger partial charge in [0.2, 0.25) is 6.29 Å². The molecule has 3 nitrogen and oxygen atoms in total. The molecule has 1 saturated carbocycles. The molecule has 1 fully saturated rings. The van der Waals surface area contributed by atoms with Crippen molar-refractivity contribution in [3.05, 3.63) is 34.3 Å². The van der Waals surface area contributed by atoms with Gasteiger partial charge in [-0.05, 0) is 42.4 Å². The average molecular weight is 437 g/mol. The van der Waals surface area contributed by atoms with E-state index in [9.17, 15) is 4.79 Å². The summed E-state index contributed by atoms with van der Waals surface area (Å²) in [6.45, 7) is 4.25. The van der Waals surface area contributed by atoms with Gasteiger partial charge in [0.05, 0.1) is 0 Å². The van der Waals surface area contributed by atoms with Gasteiger partial charge in [-0.3, -0.25) is 4.79 Å². The highest BCUT2D eigenvalue weighted by Gasteiger charge is 2.24.